The summed E-state index contributed by atoms with van der Waals surface area (Å²) in [6.45, 7) is 0.481. The van der Waals surface area contributed by atoms with Crippen molar-refractivity contribution in [2.75, 3.05) is 19.5 Å². The molecule has 0 spiro atoms. The first-order valence-electron chi connectivity index (χ1n) is 7.98. The summed E-state index contributed by atoms with van der Waals surface area (Å²) in [5, 5.41) is 4.86. The van der Waals surface area contributed by atoms with E-state index in [0.717, 1.165) is 4.88 Å². The Hall–Kier alpha value is -2.99. The van der Waals surface area contributed by atoms with Gasteiger partial charge in [0.15, 0.2) is 0 Å². The Morgan fingerprint density at radius 3 is 2.62 bits per heavy atom. The van der Waals surface area contributed by atoms with Crippen LogP contribution in [-0.4, -0.2) is 20.1 Å². The molecule has 1 N–H and O–H groups in total. The number of rotatable bonds is 7. The molecule has 0 saturated carbocycles. The highest BCUT2D eigenvalue weighted by atomic mass is 32.1. The third kappa shape index (κ3) is 4.34. The molecular formula is C20H19NO4S. The lowest BCUT2D eigenvalue weighted by Crippen LogP contribution is -2.12. The number of nitrogens with one attached hydrogen (secondary N) is 1. The molecule has 1 amide bonds. The lowest BCUT2D eigenvalue weighted by atomic mass is 10.2. The molecule has 6 heteroatoms. The van der Waals surface area contributed by atoms with Gasteiger partial charge in [0, 0.05) is 16.5 Å². The number of carbonyl (C=O) groups is 1. The van der Waals surface area contributed by atoms with Gasteiger partial charge in [0.25, 0.3) is 5.91 Å². The average Bonchev–Trinajstić information content (AvgIpc) is 3.20. The van der Waals surface area contributed by atoms with E-state index in [2.05, 4.69) is 5.32 Å². The van der Waals surface area contributed by atoms with Crippen molar-refractivity contribution >= 4 is 22.9 Å². The highest BCUT2D eigenvalue weighted by molar-refractivity contribution is 7.09. The first kappa shape index (κ1) is 17.8. The lowest BCUT2D eigenvalue weighted by molar-refractivity contribution is 0.102. The third-order valence-electron chi connectivity index (χ3n) is 3.71. The van der Waals surface area contributed by atoms with E-state index in [1.54, 1.807) is 62.0 Å². The van der Waals surface area contributed by atoms with E-state index >= 15 is 0 Å². The Bertz CT molecular complexity index is 877. The SMILES string of the molecule is COc1ccc(NC(=O)c2cccc(OCc3cccs3)c2)c(OC)c1. The summed E-state index contributed by atoms with van der Waals surface area (Å²) in [6.07, 6.45) is 0. The van der Waals surface area contributed by atoms with Crippen LogP contribution >= 0.6 is 11.3 Å². The van der Waals surface area contributed by atoms with Gasteiger partial charge in [-0.25, -0.2) is 0 Å². The molecule has 0 aliphatic heterocycles. The smallest absolute Gasteiger partial charge is 0.255 e. The molecule has 0 fully saturated rings. The van der Waals surface area contributed by atoms with Crippen LogP contribution in [0.15, 0.2) is 60.0 Å². The zero-order valence-electron chi connectivity index (χ0n) is 14.5. The number of amides is 1. The number of ether oxygens (including phenoxy) is 3. The van der Waals surface area contributed by atoms with Crippen LogP contribution in [0.3, 0.4) is 0 Å². The fraction of sp³-hybridized carbons (Fsp3) is 0.150. The average molecular weight is 369 g/mol. The quantitative estimate of drug-likeness (QED) is 0.661. The number of thiophene rings is 1. The molecule has 0 aliphatic carbocycles. The minimum Gasteiger partial charge on any atom is -0.497 e. The van der Waals surface area contributed by atoms with Gasteiger partial charge in [-0.1, -0.05) is 12.1 Å². The Balaban J connectivity index is 1.71. The van der Waals surface area contributed by atoms with Crippen LogP contribution in [0.2, 0.25) is 0 Å². The summed E-state index contributed by atoms with van der Waals surface area (Å²) in [6, 6.07) is 16.3. The van der Waals surface area contributed by atoms with Gasteiger partial charge in [0.1, 0.15) is 23.9 Å². The number of carbonyl (C=O) groups excluding carboxylic acids is 1. The fourth-order valence-corrected chi connectivity index (χ4v) is 2.99. The summed E-state index contributed by atoms with van der Waals surface area (Å²) in [5.41, 5.74) is 1.08. The summed E-state index contributed by atoms with van der Waals surface area (Å²) >= 11 is 1.63. The van der Waals surface area contributed by atoms with Crippen LogP contribution in [-0.2, 0) is 6.61 Å². The van der Waals surface area contributed by atoms with Gasteiger partial charge in [0.2, 0.25) is 0 Å². The molecular weight excluding hydrogens is 350 g/mol. The molecule has 26 heavy (non-hydrogen) atoms. The molecule has 1 aromatic heterocycles. The van der Waals surface area contributed by atoms with E-state index < -0.39 is 0 Å². The topological polar surface area (TPSA) is 56.8 Å². The third-order valence-corrected chi connectivity index (χ3v) is 4.56. The molecule has 0 aliphatic rings. The van der Waals surface area contributed by atoms with Gasteiger partial charge in [-0.05, 0) is 41.8 Å². The van der Waals surface area contributed by atoms with Gasteiger partial charge in [0.05, 0.1) is 19.9 Å². The standard InChI is InChI=1S/C20H19NO4S/c1-23-15-8-9-18(19(12-15)24-2)21-20(22)14-5-3-6-16(11-14)25-13-17-7-4-10-26-17/h3-12H,13H2,1-2H3,(H,21,22). The zero-order chi connectivity index (χ0) is 18.4. The number of benzene rings is 2. The van der Waals surface area contributed by atoms with E-state index in [1.807, 2.05) is 23.6 Å². The summed E-state index contributed by atoms with van der Waals surface area (Å²) in [4.78, 5) is 13.7. The largest absolute Gasteiger partial charge is 0.497 e. The Morgan fingerprint density at radius 1 is 1.00 bits per heavy atom. The Labute approximate surface area is 156 Å². The van der Waals surface area contributed by atoms with Gasteiger partial charge < -0.3 is 19.5 Å². The van der Waals surface area contributed by atoms with Crippen molar-refractivity contribution in [3.8, 4) is 17.2 Å². The predicted octanol–water partition coefficient (Wildman–Crippen LogP) is 4.60. The normalized spacial score (nSPS) is 10.2. The number of anilines is 1. The molecule has 3 aromatic rings. The van der Waals surface area contributed by atoms with Crippen molar-refractivity contribution < 1.29 is 19.0 Å². The van der Waals surface area contributed by atoms with Crippen molar-refractivity contribution in [2.45, 2.75) is 6.61 Å². The minimum absolute atomic E-state index is 0.241. The molecule has 5 nitrogen and oxygen atoms in total. The van der Waals surface area contributed by atoms with Gasteiger partial charge in [-0.3, -0.25) is 4.79 Å². The van der Waals surface area contributed by atoms with Crippen LogP contribution in [0, 0.1) is 0 Å². The fourth-order valence-electron chi connectivity index (χ4n) is 2.37. The van der Waals surface area contributed by atoms with E-state index in [1.165, 1.54) is 0 Å². The van der Waals surface area contributed by atoms with Crippen molar-refractivity contribution in [1.29, 1.82) is 0 Å². The first-order chi connectivity index (χ1) is 12.7. The molecule has 3 rings (SSSR count). The monoisotopic (exact) mass is 369 g/mol. The first-order valence-corrected chi connectivity index (χ1v) is 8.86. The summed E-state index contributed by atoms with van der Waals surface area (Å²) < 4.78 is 16.2. The van der Waals surface area contributed by atoms with Gasteiger partial charge in [-0.15, -0.1) is 11.3 Å². The molecule has 2 aromatic carbocycles. The molecule has 0 unspecified atom stereocenters. The highest BCUT2D eigenvalue weighted by Gasteiger charge is 2.11. The maximum atomic E-state index is 12.6. The highest BCUT2D eigenvalue weighted by Crippen LogP contribution is 2.29. The van der Waals surface area contributed by atoms with E-state index in [-0.39, 0.29) is 5.91 Å². The maximum absolute atomic E-state index is 12.6. The molecule has 0 saturated heterocycles. The maximum Gasteiger partial charge on any atom is 0.255 e. The second kappa shape index (κ2) is 8.40. The van der Waals surface area contributed by atoms with Crippen molar-refractivity contribution in [1.82, 2.24) is 0 Å². The van der Waals surface area contributed by atoms with Crippen molar-refractivity contribution in [2.24, 2.45) is 0 Å². The molecule has 0 bridgehead atoms. The molecule has 1 heterocycles. The van der Waals surface area contributed by atoms with E-state index in [4.69, 9.17) is 14.2 Å². The van der Waals surface area contributed by atoms with Crippen LogP contribution in [0.1, 0.15) is 15.2 Å². The van der Waals surface area contributed by atoms with Gasteiger partial charge >= 0.3 is 0 Å². The predicted molar refractivity (Wildman–Crippen MR) is 103 cm³/mol. The summed E-state index contributed by atoms with van der Waals surface area (Å²) in [7, 11) is 3.12. The van der Waals surface area contributed by atoms with Crippen LogP contribution in [0.25, 0.3) is 0 Å². The molecule has 0 radical (unpaired) electrons. The number of hydrogen-bond donors (Lipinski definition) is 1. The van der Waals surface area contributed by atoms with Crippen LogP contribution < -0.4 is 19.5 Å². The second-order valence-electron chi connectivity index (χ2n) is 5.42. The zero-order valence-corrected chi connectivity index (χ0v) is 15.3. The Morgan fingerprint density at radius 2 is 1.88 bits per heavy atom. The number of methoxy groups -OCH3 is 2. The second-order valence-corrected chi connectivity index (χ2v) is 6.45. The summed E-state index contributed by atoms with van der Waals surface area (Å²) in [5.74, 6) is 1.59. The molecule has 134 valence electrons. The Kier molecular flexibility index (Phi) is 5.76. The van der Waals surface area contributed by atoms with E-state index in [9.17, 15) is 4.79 Å². The minimum atomic E-state index is -0.241. The van der Waals surface area contributed by atoms with Gasteiger partial charge in [-0.2, -0.15) is 0 Å². The lowest BCUT2D eigenvalue weighted by Gasteiger charge is -2.12. The molecule has 0 atom stereocenters. The number of hydrogen-bond acceptors (Lipinski definition) is 5. The van der Waals surface area contributed by atoms with Crippen LogP contribution in [0.4, 0.5) is 5.69 Å². The van der Waals surface area contributed by atoms with Crippen molar-refractivity contribution in [3.63, 3.8) is 0 Å². The van der Waals surface area contributed by atoms with E-state index in [0.29, 0.717) is 35.1 Å². The van der Waals surface area contributed by atoms with Crippen LogP contribution in [0.5, 0.6) is 17.2 Å². The van der Waals surface area contributed by atoms with Crippen molar-refractivity contribution in [3.05, 3.63) is 70.4 Å².